The summed E-state index contributed by atoms with van der Waals surface area (Å²) in [6.07, 6.45) is -3.48. The number of imidazole rings is 1. The molecule has 0 aliphatic rings. The lowest BCUT2D eigenvalue weighted by molar-refractivity contribution is -0.158. The van der Waals surface area contributed by atoms with Crippen LogP contribution in [0.15, 0.2) is 15.9 Å². The fourth-order valence-corrected chi connectivity index (χ4v) is 2.42. The second-order valence-corrected chi connectivity index (χ2v) is 5.44. The number of aliphatic hydroxyl groups is 4. The van der Waals surface area contributed by atoms with Crippen molar-refractivity contribution in [3.63, 3.8) is 0 Å². The summed E-state index contributed by atoms with van der Waals surface area (Å²) >= 11 is 0. The minimum atomic E-state index is -2.05. The smallest absolute Gasteiger partial charge is 0.332 e. The Morgan fingerprint density at radius 2 is 1.83 bits per heavy atom. The van der Waals surface area contributed by atoms with Crippen LogP contribution in [-0.2, 0) is 20.6 Å². The van der Waals surface area contributed by atoms with E-state index in [9.17, 15) is 19.8 Å². The lowest BCUT2D eigenvalue weighted by Gasteiger charge is -2.19. The summed E-state index contributed by atoms with van der Waals surface area (Å²) in [5.41, 5.74) is -0.435. The molecule has 2 aromatic rings. The van der Waals surface area contributed by atoms with Gasteiger partial charge in [-0.3, -0.25) is 13.9 Å². The van der Waals surface area contributed by atoms with E-state index in [0.717, 1.165) is 4.57 Å². The van der Waals surface area contributed by atoms with Crippen molar-refractivity contribution in [2.45, 2.75) is 37.9 Å². The van der Waals surface area contributed by atoms with Crippen LogP contribution in [0, 0.1) is 0 Å². The van der Waals surface area contributed by atoms with Gasteiger partial charge in [0.1, 0.15) is 6.10 Å². The van der Waals surface area contributed by atoms with Gasteiger partial charge >= 0.3 is 5.69 Å². The molecule has 0 fully saturated rings. The molecule has 4 N–H and O–H groups in total. The average Bonchev–Trinajstić information content (AvgIpc) is 2.89. The number of aromatic nitrogens is 4. The maximum Gasteiger partial charge on any atom is 0.332 e. The molecule has 2 aromatic heterocycles. The molecule has 2 unspecified atom stereocenters. The van der Waals surface area contributed by atoms with Gasteiger partial charge in [-0.05, 0) is 12.8 Å². The van der Waals surface area contributed by atoms with E-state index in [4.69, 9.17) is 10.2 Å². The molecule has 2 heterocycles. The topological polar surface area (TPSA) is 143 Å². The van der Waals surface area contributed by atoms with Crippen molar-refractivity contribution in [3.05, 3.63) is 27.2 Å². The van der Waals surface area contributed by atoms with E-state index >= 15 is 0 Å². The van der Waals surface area contributed by atoms with Crippen molar-refractivity contribution in [1.82, 2.24) is 18.7 Å². The molecule has 0 aromatic carbocycles. The van der Waals surface area contributed by atoms with Crippen molar-refractivity contribution in [2.24, 2.45) is 14.1 Å². The van der Waals surface area contributed by atoms with E-state index in [1.807, 2.05) is 0 Å². The van der Waals surface area contributed by atoms with Gasteiger partial charge in [0.25, 0.3) is 5.56 Å². The van der Waals surface area contributed by atoms with E-state index in [1.54, 1.807) is 7.05 Å². The van der Waals surface area contributed by atoms with Crippen LogP contribution in [-0.4, -0.2) is 57.6 Å². The fraction of sp³-hybridized carbons (Fsp3) is 0.615. The quantitative estimate of drug-likeness (QED) is 0.421. The molecular formula is C13H20N4O6. The Kier molecular flexibility index (Phi) is 5.00. The average molecular weight is 328 g/mol. The largest absolute Gasteiger partial charge is 0.390 e. The van der Waals surface area contributed by atoms with Crippen LogP contribution in [0.5, 0.6) is 0 Å². The van der Waals surface area contributed by atoms with E-state index in [0.29, 0.717) is 5.52 Å². The first-order valence-electron chi connectivity index (χ1n) is 7.08. The molecule has 0 bridgehead atoms. The van der Waals surface area contributed by atoms with Gasteiger partial charge in [0, 0.05) is 20.6 Å². The number of rotatable bonds is 6. The molecule has 0 radical (unpaired) electrons. The second-order valence-electron chi connectivity index (χ2n) is 5.44. The third kappa shape index (κ3) is 3.20. The highest BCUT2D eigenvalue weighted by Gasteiger charge is 2.22. The first-order chi connectivity index (χ1) is 10.8. The molecule has 0 saturated heterocycles. The van der Waals surface area contributed by atoms with E-state index in [-0.39, 0.29) is 25.0 Å². The molecule has 10 nitrogen and oxygen atoms in total. The number of hydrogen-bond donors (Lipinski definition) is 4. The molecule has 0 amide bonds. The van der Waals surface area contributed by atoms with Gasteiger partial charge in [-0.15, -0.1) is 0 Å². The van der Waals surface area contributed by atoms with Crippen LogP contribution in [0.4, 0.5) is 0 Å². The third-order valence-corrected chi connectivity index (χ3v) is 3.78. The Morgan fingerprint density at radius 1 is 1.17 bits per heavy atom. The predicted molar refractivity (Wildman–Crippen MR) is 79.7 cm³/mol. The zero-order valence-corrected chi connectivity index (χ0v) is 12.8. The SMILES string of the molecule is Cn1cnc2c1c(=O)n(CCCC(O)C(O)C(O)O)c(=O)n2C. The Morgan fingerprint density at radius 3 is 2.43 bits per heavy atom. The monoisotopic (exact) mass is 328 g/mol. The highest BCUT2D eigenvalue weighted by atomic mass is 16.5. The van der Waals surface area contributed by atoms with Gasteiger partial charge < -0.3 is 25.0 Å². The van der Waals surface area contributed by atoms with E-state index in [1.165, 1.54) is 22.5 Å². The van der Waals surface area contributed by atoms with Crippen molar-refractivity contribution < 1.29 is 20.4 Å². The molecule has 0 spiro atoms. The van der Waals surface area contributed by atoms with Crippen molar-refractivity contribution in [3.8, 4) is 0 Å². The fourth-order valence-electron chi connectivity index (χ4n) is 2.42. The van der Waals surface area contributed by atoms with Crippen molar-refractivity contribution >= 4 is 11.2 Å². The van der Waals surface area contributed by atoms with Gasteiger partial charge in [-0.2, -0.15) is 0 Å². The summed E-state index contributed by atoms with van der Waals surface area (Å²) in [5, 5.41) is 36.5. The van der Waals surface area contributed by atoms with Crippen LogP contribution in [0.3, 0.4) is 0 Å². The highest BCUT2D eigenvalue weighted by molar-refractivity contribution is 5.69. The number of fused-ring (bicyclic) bond motifs is 1. The maximum atomic E-state index is 12.4. The van der Waals surface area contributed by atoms with Gasteiger partial charge in [-0.1, -0.05) is 0 Å². The van der Waals surface area contributed by atoms with Gasteiger partial charge in [-0.25, -0.2) is 9.78 Å². The third-order valence-electron chi connectivity index (χ3n) is 3.78. The van der Waals surface area contributed by atoms with Crippen LogP contribution in [0.2, 0.25) is 0 Å². The summed E-state index contributed by atoms with van der Waals surface area (Å²) in [7, 11) is 3.16. The lowest BCUT2D eigenvalue weighted by Crippen LogP contribution is -2.40. The molecule has 2 atom stereocenters. The summed E-state index contributed by atoms with van der Waals surface area (Å²) < 4.78 is 3.81. The highest BCUT2D eigenvalue weighted by Crippen LogP contribution is 2.07. The lowest BCUT2D eigenvalue weighted by atomic mass is 10.1. The summed E-state index contributed by atoms with van der Waals surface area (Å²) in [5.74, 6) is 0. The zero-order chi connectivity index (χ0) is 17.3. The van der Waals surface area contributed by atoms with Gasteiger partial charge in [0.15, 0.2) is 17.5 Å². The van der Waals surface area contributed by atoms with E-state index < -0.39 is 29.7 Å². The number of aryl methyl sites for hydroxylation is 2. The minimum absolute atomic E-state index is 0.00218. The molecule has 0 saturated carbocycles. The van der Waals surface area contributed by atoms with Crippen LogP contribution >= 0.6 is 0 Å². The summed E-state index contributed by atoms with van der Waals surface area (Å²) in [4.78, 5) is 28.6. The van der Waals surface area contributed by atoms with Gasteiger partial charge in [0.2, 0.25) is 0 Å². The van der Waals surface area contributed by atoms with Crippen molar-refractivity contribution in [1.29, 1.82) is 0 Å². The van der Waals surface area contributed by atoms with Gasteiger partial charge in [0.05, 0.1) is 12.4 Å². The number of aliphatic hydroxyl groups excluding tert-OH is 3. The molecule has 0 aliphatic heterocycles. The molecule has 128 valence electrons. The second kappa shape index (κ2) is 6.62. The zero-order valence-electron chi connectivity index (χ0n) is 12.8. The Balaban J connectivity index is 2.23. The maximum absolute atomic E-state index is 12.4. The van der Waals surface area contributed by atoms with Crippen molar-refractivity contribution in [2.75, 3.05) is 0 Å². The Bertz CT molecular complexity index is 805. The number of nitrogens with zero attached hydrogens (tertiary/aromatic N) is 4. The molecule has 2 rings (SSSR count). The number of hydrogen-bond acceptors (Lipinski definition) is 7. The first-order valence-corrected chi connectivity index (χ1v) is 7.08. The molecule has 10 heteroatoms. The van der Waals surface area contributed by atoms with Crippen LogP contribution < -0.4 is 11.2 Å². The predicted octanol–water partition coefficient (Wildman–Crippen LogP) is -2.75. The van der Waals surface area contributed by atoms with E-state index in [2.05, 4.69) is 4.98 Å². The normalized spacial score (nSPS) is 14.6. The summed E-state index contributed by atoms with van der Waals surface area (Å²) in [6.45, 7) is 0.0257. The standard InChI is InChI=1S/C13H20N4O6/c1-15-6-14-10-8(15)11(20)17(13(23)16(10)2)5-3-4-7(18)9(19)12(21)22/h6-7,9,12,18-19,21-22H,3-5H2,1-2H3. The van der Waals surface area contributed by atoms with Crippen LogP contribution in [0.25, 0.3) is 11.2 Å². The molecule has 0 aliphatic carbocycles. The molecular weight excluding hydrogens is 308 g/mol. The van der Waals surface area contributed by atoms with Crippen LogP contribution in [0.1, 0.15) is 12.8 Å². The minimum Gasteiger partial charge on any atom is -0.390 e. The summed E-state index contributed by atoms with van der Waals surface area (Å²) in [6, 6.07) is 0. The Hall–Kier alpha value is -2.01. The molecule has 23 heavy (non-hydrogen) atoms. The first kappa shape index (κ1) is 17.3. The Labute approximate surface area is 130 Å².